The van der Waals surface area contributed by atoms with E-state index < -0.39 is 18.2 Å². The molecular weight excluding hydrogens is 697 g/mol. The lowest BCUT2D eigenvalue weighted by molar-refractivity contribution is -0.193. The van der Waals surface area contributed by atoms with Crippen molar-refractivity contribution in [1.29, 1.82) is 0 Å². The molecule has 2 atom stereocenters. The fourth-order valence-electron chi connectivity index (χ4n) is 7.49. The first-order chi connectivity index (χ1) is 26.8. The number of amides is 4. The Labute approximate surface area is 318 Å². The Hall–Kier alpha value is -6.66. The van der Waals surface area contributed by atoms with Crippen LogP contribution in [0.1, 0.15) is 22.5 Å². The van der Waals surface area contributed by atoms with E-state index in [1.165, 1.54) is 0 Å². The van der Waals surface area contributed by atoms with E-state index >= 15 is 0 Å². The second kappa shape index (κ2) is 15.4. The maximum Gasteiger partial charge on any atom is 0.334 e. The van der Waals surface area contributed by atoms with E-state index in [0.29, 0.717) is 17.2 Å². The lowest BCUT2D eigenvalue weighted by atomic mass is 9.97. The average molecular weight is 737 g/mol. The number of hydrazine groups is 1. The Morgan fingerprint density at radius 2 is 1.62 bits per heavy atom. The average Bonchev–Trinajstić information content (AvgIpc) is 3.68. The van der Waals surface area contributed by atoms with E-state index in [1.54, 1.807) is 57.3 Å². The molecule has 12 nitrogen and oxygen atoms in total. The first-order valence-electron chi connectivity index (χ1n) is 18.1. The molecule has 3 heterocycles. The van der Waals surface area contributed by atoms with Gasteiger partial charge < -0.3 is 29.5 Å². The number of benzene rings is 5. The molecule has 1 aromatic heterocycles. The van der Waals surface area contributed by atoms with Gasteiger partial charge in [-0.25, -0.2) is 9.80 Å². The summed E-state index contributed by atoms with van der Waals surface area (Å²) in [5.74, 6) is 0.748. The third-order valence-corrected chi connectivity index (χ3v) is 10.2. The molecule has 12 heteroatoms. The summed E-state index contributed by atoms with van der Waals surface area (Å²) >= 11 is 0. The van der Waals surface area contributed by atoms with Crippen LogP contribution >= 0.6 is 0 Å². The van der Waals surface area contributed by atoms with Gasteiger partial charge >= 0.3 is 6.03 Å². The number of nitrogens with one attached hydrogen (secondary N) is 1. The molecule has 2 fully saturated rings. The number of methoxy groups -OCH3 is 1. The Balaban J connectivity index is 1.15. The van der Waals surface area contributed by atoms with Crippen LogP contribution in [0.15, 0.2) is 132 Å². The van der Waals surface area contributed by atoms with Crippen molar-refractivity contribution in [2.75, 3.05) is 20.2 Å². The highest BCUT2D eigenvalue weighted by Gasteiger charge is 2.51. The van der Waals surface area contributed by atoms with E-state index in [9.17, 15) is 19.5 Å². The molecule has 5 aromatic carbocycles. The van der Waals surface area contributed by atoms with Crippen molar-refractivity contribution in [3.05, 3.63) is 150 Å². The van der Waals surface area contributed by atoms with Gasteiger partial charge in [0.05, 0.1) is 26.7 Å². The van der Waals surface area contributed by atoms with E-state index in [-0.39, 0.29) is 56.7 Å². The number of carbonyl (C=O) groups excluding carboxylic acids is 3. The van der Waals surface area contributed by atoms with E-state index in [2.05, 4.69) is 10.5 Å². The van der Waals surface area contributed by atoms with Crippen molar-refractivity contribution in [2.45, 2.75) is 38.3 Å². The predicted octanol–water partition coefficient (Wildman–Crippen LogP) is 5.96. The third kappa shape index (κ3) is 7.44. The van der Waals surface area contributed by atoms with Gasteiger partial charge in [0.2, 0.25) is 11.8 Å². The SMILES string of the molecule is COc1ccc(-c2cc(CN3CC(=O)N4[C@@H](Cc5ccc(O)cc5)C(=O)N(Cc5cccc6ccccc56)C[C@@H]4N3C(=O)NCc3ccccc3)on2)cc1. The van der Waals surface area contributed by atoms with Crippen molar-refractivity contribution in [3.8, 4) is 22.8 Å². The third-order valence-electron chi connectivity index (χ3n) is 10.2. The number of carbonyl (C=O) groups is 3. The Bertz CT molecular complexity index is 2310. The number of hydrogen-bond acceptors (Lipinski definition) is 8. The van der Waals surface area contributed by atoms with Crippen LogP contribution < -0.4 is 10.1 Å². The minimum Gasteiger partial charge on any atom is -0.508 e. The number of rotatable bonds is 10. The maximum atomic E-state index is 14.6. The quantitative estimate of drug-likeness (QED) is 0.176. The van der Waals surface area contributed by atoms with E-state index in [1.807, 2.05) is 97.1 Å². The van der Waals surface area contributed by atoms with Crippen LogP contribution in [-0.2, 0) is 35.6 Å². The molecule has 0 saturated carbocycles. The van der Waals surface area contributed by atoms with Crippen LogP contribution in [0.3, 0.4) is 0 Å². The molecule has 4 amide bonds. The second-order valence-corrected chi connectivity index (χ2v) is 13.7. The van der Waals surface area contributed by atoms with Gasteiger partial charge in [0, 0.05) is 31.1 Å². The number of phenols is 1. The van der Waals surface area contributed by atoms with Gasteiger partial charge in [0.1, 0.15) is 29.4 Å². The molecule has 0 unspecified atom stereocenters. The Kier molecular flexibility index (Phi) is 9.88. The Morgan fingerprint density at radius 1 is 0.873 bits per heavy atom. The number of phenolic OH excluding ortho intramolecular Hbond substituents is 1. The maximum absolute atomic E-state index is 14.6. The van der Waals surface area contributed by atoms with Gasteiger partial charge in [-0.2, -0.15) is 5.01 Å². The zero-order chi connectivity index (χ0) is 37.9. The fourth-order valence-corrected chi connectivity index (χ4v) is 7.49. The number of aromatic hydroxyl groups is 1. The van der Waals surface area contributed by atoms with Crippen LogP contribution in [0.5, 0.6) is 11.5 Å². The molecule has 6 aromatic rings. The van der Waals surface area contributed by atoms with Crippen molar-refractivity contribution in [3.63, 3.8) is 0 Å². The summed E-state index contributed by atoms with van der Waals surface area (Å²) in [5.41, 5.74) is 4.05. The molecule has 2 N–H and O–H groups in total. The van der Waals surface area contributed by atoms with Crippen molar-refractivity contribution in [1.82, 2.24) is 30.3 Å². The summed E-state index contributed by atoms with van der Waals surface area (Å²) < 4.78 is 11.1. The molecule has 0 radical (unpaired) electrons. The molecular formula is C43H40N6O6. The van der Waals surface area contributed by atoms with Gasteiger partial charge in [0.25, 0.3) is 0 Å². The lowest BCUT2D eigenvalue weighted by Crippen LogP contribution is -2.76. The minimum absolute atomic E-state index is 0.0674. The van der Waals surface area contributed by atoms with Crippen LogP contribution in [0.2, 0.25) is 0 Å². The molecule has 0 spiro atoms. The predicted molar refractivity (Wildman–Crippen MR) is 205 cm³/mol. The molecule has 8 rings (SSSR count). The number of hydrogen-bond donors (Lipinski definition) is 2. The smallest absolute Gasteiger partial charge is 0.334 e. The first-order valence-corrected chi connectivity index (χ1v) is 18.1. The number of ether oxygens (including phenoxy) is 1. The topological polar surface area (TPSA) is 132 Å². The molecule has 55 heavy (non-hydrogen) atoms. The summed E-state index contributed by atoms with van der Waals surface area (Å²) in [6, 6.07) is 38.1. The van der Waals surface area contributed by atoms with Crippen LogP contribution in [0.25, 0.3) is 22.0 Å². The summed E-state index contributed by atoms with van der Waals surface area (Å²) in [6.45, 7) is 0.485. The number of urea groups is 1. The van der Waals surface area contributed by atoms with Gasteiger partial charge in [-0.05, 0) is 63.9 Å². The molecule has 2 aliphatic heterocycles. The van der Waals surface area contributed by atoms with Gasteiger partial charge in [-0.15, -0.1) is 0 Å². The van der Waals surface area contributed by atoms with Crippen molar-refractivity contribution in [2.24, 2.45) is 0 Å². The highest BCUT2D eigenvalue weighted by molar-refractivity contribution is 5.92. The molecule has 0 bridgehead atoms. The first kappa shape index (κ1) is 35.4. The Morgan fingerprint density at radius 3 is 2.40 bits per heavy atom. The fraction of sp³-hybridized carbons (Fsp3) is 0.209. The summed E-state index contributed by atoms with van der Waals surface area (Å²) in [5, 5.41) is 22.6. The number of piperazine rings is 1. The minimum atomic E-state index is -0.913. The summed E-state index contributed by atoms with van der Waals surface area (Å²) in [7, 11) is 1.60. The zero-order valence-electron chi connectivity index (χ0n) is 30.2. The molecule has 0 aliphatic carbocycles. The number of aromatic nitrogens is 1. The highest BCUT2D eigenvalue weighted by atomic mass is 16.5. The van der Waals surface area contributed by atoms with Gasteiger partial charge in [-0.3, -0.25) is 9.59 Å². The molecule has 2 aliphatic rings. The number of fused-ring (bicyclic) bond motifs is 2. The zero-order valence-corrected chi connectivity index (χ0v) is 30.2. The van der Waals surface area contributed by atoms with Crippen LogP contribution in [0.4, 0.5) is 4.79 Å². The number of nitrogens with zero attached hydrogens (tertiary/aromatic N) is 5. The van der Waals surface area contributed by atoms with Crippen LogP contribution in [0, 0.1) is 0 Å². The second-order valence-electron chi connectivity index (χ2n) is 13.7. The highest BCUT2D eigenvalue weighted by Crippen LogP contribution is 2.32. The molecule has 278 valence electrons. The van der Waals surface area contributed by atoms with E-state index in [0.717, 1.165) is 33.0 Å². The lowest BCUT2D eigenvalue weighted by Gasteiger charge is -2.55. The van der Waals surface area contributed by atoms with Crippen molar-refractivity contribution < 1.29 is 28.8 Å². The van der Waals surface area contributed by atoms with Gasteiger partial charge in [-0.1, -0.05) is 90.1 Å². The van der Waals surface area contributed by atoms with E-state index in [4.69, 9.17) is 9.26 Å². The monoisotopic (exact) mass is 736 g/mol. The summed E-state index contributed by atoms with van der Waals surface area (Å²) in [4.78, 5) is 46.8. The normalized spacial score (nSPS) is 17.4. The standard InChI is InChI=1S/C43H40N6O6/c1-54-35-20-16-32(17-21-35)38-23-36(55-45-38)26-47-28-41(51)48-39(22-29-14-18-34(50)19-15-29)42(52)46(25-33-12-7-11-31-10-5-6-13-37(31)33)27-40(48)49(47)43(53)44-24-30-8-3-2-4-9-30/h2-21,23,39-40,50H,22,24-28H2,1H3,(H,44,53)/t39-,40-/m0/s1. The molecule has 2 saturated heterocycles. The van der Waals surface area contributed by atoms with Gasteiger partial charge in [0.15, 0.2) is 5.76 Å². The van der Waals surface area contributed by atoms with Crippen molar-refractivity contribution >= 4 is 28.6 Å². The van der Waals surface area contributed by atoms with Crippen LogP contribution in [-0.4, -0.2) is 80.3 Å². The largest absolute Gasteiger partial charge is 0.508 e. The summed E-state index contributed by atoms with van der Waals surface area (Å²) in [6.07, 6.45) is -0.656.